The Hall–Kier alpha value is -1.79. The second-order valence-corrected chi connectivity index (χ2v) is 7.65. The first-order chi connectivity index (χ1) is 12.2. The van der Waals surface area contributed by atoms with Crippen molar-refractivity contribution in [3.63, 3.8) is 0 Å². The van der Waals surface area contributed by atoms with Gasteiger partial charge in [-0.3, -0.25) is 4.79 Å². The molecule has 3 aliphatic heterocycles. The summed E-state index contributed by atoms with van der Waals surface area (Å²) in [5.41, 5.74) is 0.426. The molecule has 0 aromatic heterocycles. The molecule has 3 fully saturated rings. The number of amides is 1. The Kier molecular flexibility index (Phi) is 3.64. The van der Waals surface area contributed by atoms with E-state index in [1.807, 2.05) is 4.90 Å². The molecule has 1 saturated carbocycles. The molecule has 4 aliphatic rings. The van der Waals surface area contributed by atoms with Crippen molar-refractivity contribution in [1.82, 2.24) is 4.90 Å². The van der Waals surface area contributed by atoms with E-state index in [1.165, 1.54) is 12.8 Å². The SMILES string of the molecule is O=C(c1ccc2c(c1)OCO2)N1CC2(CC(OCC3CC3)CCO2)C1. The molecule has 134 valence electrons. The molecule has 1 atom stereocenters. The maximum atomic E-state index is 12.7. The molecule has 6 nitrogen and oxygen atoms in total. The lowest BCUT2D eigenvalue weighted by molar-refractivity contribution is -0.186. The van der Waals surface area contributed by atoms with E-state index in [9.17, 15) is 4.79 Å². The van der Waals surface area contributed by atoms with Crippen LogP contribution in [-0.4, -0.2) is 55.6 Å². The molecule has 1 amide bonds. The van der Waals surface area contributed by atoms with E-state index in [2.05, 4.69) is 0 Å². The van der Waals surface area contributed by atoms with Crippen LogP contribution in [0.4, 0.5) is 0 Å². The summed E-state index contributed by atoms with van der Waals surface area (Å²) >= 11 is 0. The van der Waals surface area contributed by atoms with Crippen molar-refractivity contribution in [2.75, 3.05) is 33.1 Å². The van der Waals surface area contributed by atoms with E-state index in [-0.39, 0.29) is 24.4 Å². The monoisotopic (exact) mass is 345 g/mol. The van der Waals surface area contributed by atoms with E-state index in [4.69, 9.17) is 18.9 Å². The van der Waals surface area contributed by atoms with Crippen LogP contribution in [-0.2, 0) is 9.47 Å². The number of fused-ring (bicyclic) bond motifs is 1. The van der Waals surface area contributed by atoms with Gasteiger partial charge in [-0.15, -0.1) is 0 Å². The van der Waals surface area contributed by atoms with Gasteiger partial charge in [0.15, 0.2) is 11.5 Å². The summed E-state index contributed by atoms with van der Waals surface area (Å²) in [4.78, 5) is 14.5. The number of likely N-dealkylation sites (tertiary alicyclic amines) is 1. The van der Waals surface area contributed by atoms with Crippen LogP contribution in [0.25, 0.3) is 0 Å². The number of carbonyl (C=O) groups excluding carboxylic acids is 1. The van der Waals surface area contributed by atoms with Gasteiger partial charge in [-0.25, -0.2) is 0 Å². The second-order valence-electron chi connectivity index (χ2n) is 7.65. The first-order valence-electron chi connectivity index (χ1n) is 9.15. The van der Waals surface area contributed by atoms with Crippen LogP contribution in [0.5, 0.6) is 11.5 Å². The number of rotatable bonds is 4. The molecule has 1 spiro atoms. The number of hydrogen-bond donors (Lipinski definition) is 0. The molecule has 25 heavy (non-hydrogen) atoms. The van der Waals surface area contributed by atoms with Gasteiger partial charge in [-0.1, -0.05) is 0 Å². The number of ether oxygens (including phenoxy) is 4. The highest BCUT2D eigenvalue weighted by Gasteiger charge is 2.50. The summed E-state index contributed by atoms with van der Waals surface area (Å²) in [5.74, 6) is 2.14. The van der Waals surface area contributed by atoms with Crippen LogP contribution >= 0.6 is 0 Å². The minimum atomic E-state index is -0.210. The summed E-state index contributed by atoms with van der Waals surface area (Å²) < 4.78 is 22.7. The first-order valence-corrected chi connectivity index (χ1v) is 9.15. The normalized spacial score (nSPS) is 26.6. The largest absolute Gasteiger partial charge is 0.454 e. The average Bonchev–Trinajstić information content (AvgIpc) is 3.32. The molecule has 2 saturated heterocycles. The van der Waals surface area contributed by atoms with Gasteiger partial charge in [0.1, 0.15) is 5.60 Å². The Morgan fingerprint density at radius 3 is 2.88 bits per heavy atom. The van der Waals surface area contributed by atoms with E-state index in [1.54, 1.807) is 18.2 Å². The number of carbonyl (C=O) groups is 1. The predicted molar refractivity (Wildman–Crippen MR) is 88.8 cm³/mol. The van der Waals surface area contributed by atoms with Crippen LogP contribution in [0.15, 0.2) is 18.2 Å². The molecule has 6 heteroatoms. The fraction of sp³-hybridized carbons (Fsp3) is 0.632. The van der Waals surface area contributed by atoms with E-state index in [0.29, 0.717) is 30.2 Å². The Morgan fingerprint density at radius 1 is 1.20 bits per heavy atom. The van der Waals surface area contributed by atoms with Crippen LogP contribution in [0.3, 0.4) is 0 Å². The fourth-order valence-electron chi connectivity index (χ4n) is 3.91. The predicted octanol–water partition coefficient (Wildman–Crippen LogP) is 2.22. The Labute approximate surface area is 147 Å². The summed E-state index contributed by atoms with van der Waals surface area (Å²) in [6, 6.07) is 5.35. The van der Waals surface area contributed by atoms with Gasteiger partial charge < -0.3 is 23.8 Å². The highest BCUT2D eigenvalue weighted by Crippen LogP contribution is 2.38. The van der Waals surface area contributed by atoms with Gasteiger partial charge in [0.2, 0.25) is 6.79 Å². The zero-order chi connectivity index (χ0) is 16.9. The molecule has 1 aliphatic carbocycles. The maximum absolute atomic E-state index is 12.7. The summed E-state index contributed by atoms with van der Waals surface area (Å²) in [6.45, 7) is 3.12. The van der Waals surface area contributed by atoms with Crippen LogP contribution in [0, 0.1) is 5.92 Å². The zero-order valence-corrected chi connectivity index (χ0v) is 14.2. The Balaban J connectivity index is 1.19. The second kappa shape index (κ2) is 5.88. The third-order valence-electron chi connectivity index (χ3n) is 5.58. The standard InChI is InChI=1S/C19H23NO5/c21-18(14-3-4-16-17(7-14)24-12-23-16)20-10-19(11-20)8-15(5-6-25-19)22-9-13-1-2-13/h3-4,7,13,15H,1-2,5-6,8-12H2. The fourth-order valence-corrected chi connectivity index (χ4v) is 3.91. The quantitative estimate of drug-likeness (QED) is 0.837. The van der Waals surface area contributed by atoms with Gasteiger partial charge in [0, 0.05) is 25.2 Å². The smallest absolute Gasteiger partial charge is 0.254 e. The summed E-state index contributed by atoms with van der Waals surface area (Å²) in [5, 5.41) is 0. The van der Waals surface area contributed by atoms with Crippen molar-refractivity contribution in [2.45, 2.75) is 37.4 Å². The molecule has 0 radical (unpaired) electrons. The van der Waals surface area contributed by atoms with Crippen molar-refractivity contribution in [3.8, 4) is 11.5 Å². The van der Waals surface area contributed by atoms with Crippen molar-refractivity contribution in [1.29, 1.82) is 0 Å². The van der Waals surface area contributed by atoms with E-state index in [0.717, 1.165) is 32.0 Å². The van der Waals surface area contributed by atoms with Crippen LogP contribution in [0.2, 0.25) is 0 Å². The lowest BCUT2D eigenvalue weighted by atomic mass is 9.84. The van der Waals surface area contributed by atoms with Gasteiger partial charge >= 0.3 is 0 Å². The minimum absolute atomic E-state index is 0.0218. The highest BCUT2D eigenvalue weighted by atomic mass is 16.7. The number of nitrogens with zero attached hydrogens (tertiary/aromatic N) is 1. The molecule has 0 N–H and O–H groups in total. The lowest BCUT2D eigenvalue weighted by Crippen LogP contribution is -2.67. The third kappa shape index (κ3) is 2.98. The van der Waals surface area contributed by atoms with Crippen LogP contribution in [0.1, 0.15) is 36.0 Å². The molecule has 1 unspecified atom stereocenters. The van der Waals surface area contributed by atoms with E-state index >= 15 is 0 Å². The van der Waals surface area contributed by atoms with Gasteiger partial charge in [0.25, 0.3) is 5.91 Å². The molecular weight excluding hydrogens is 322 g/mol. The van der Waals surface area contributed by atoms with Crippen molar-refractivity contribution in [3.05, 3.63) is 23.8 Å². The topological polar surface area (TPSA) is 57.2 Å². The van der Waals surface area contributed by atoms with E-state index < -0.39 is 0 Å². The molecule has 3 heterocycles. The number of hydrogen-bond acceptors (Lipinski definition) is 5. The van der Waals surface area contributed by atoms with Crippen molar-refractivity contribution < 1.29 is 23.7 Å². The molecule has 1 aromatic carbocycles. The molecule has 5 rings (SSSR count). The first kappa shape index (κ1) is 15.5. The molecule has 0 bridgehead atoms. The zero-order valence-electron chi connectivity index (χ0n) is 14.2. The average molecular weight is 345 g/mol. The Bertz CT molecular complexity index is 680. The molecular formula is C19H23NO5. The van der Waals surface area contributed by atoms with Crippen molar-refractivity contribution >= 4 is 5.91 Å². The Morgan fingerprint density at radius 2 is 2.04 bits per heavy atom. The highest BCUT2D eigenvalue weighted by molar-refractivity contribution is 5.95. The van der Waals surface area contributed by atoms with Gasteiger partial charge in [-0.2, -0.15) is 0 Å². The number of benzene rings is 1. The summed E-state index contributed by atoms with van der Waals surface area (Å²) in [7, 11) is 0. The minimum Gasteiger partial charge on any atom is -0.454 e. The van der Waals surface area contributed by atoms with Gasteiger partial charge in [-0.05, 0) is 43.4 Å². The van der Waals surface area contributed by atoms with Crippen molar-refractivity contribution in [2.24, 2.45) is 5.92 Å². The van der Waals surface area contributed by atoms with Crippen LogP contribution < -0.4 is 9.47 Å². The third-order valence-corrected chi connectivity index (χ3v) is 5.58. The molecule has 1 aromatic rings. The lowest BCUT2D eigenvalue weighted by Gasteiger charge is -2.53. The van der Waals surface area contributed by atoms with Gasteiger partial charge in [0.05, 0.1) is 19.2 Å². The summed E-state index contributed by atoms with van der Waals surface area (Å²) in [6.07, 6.45) is 4.75. The maximum Gasteiger partial charge on any atom is 0.254 e.